The SMILES string of the molecule is Cc1cc(C(O)c2cc(C)cc(C3(C)CCCCC3)c2)cc(C2(C)CCCCC2)c1. The maximum absolute atomic E-state index is 11.5. The molecular weight excluding hydrogens is 364 g/mol. The van der Waals surface area contributed by atoms with Gasteiger partial charge in [-0.1, -0.05) is 99.9 Å². The average Bonchev–Trinajstić information content (AvgIpc) is 2.73. The quantitative estimate of drug-likeness (QED) is 0.550. The summed E-state index contributed by atoms with van der Waals surface area (Å²) in [4.78, 5) is 0. The minimum Gasteiger partial charge on any atom is -0.384 e. The highest BCUT2D eigenvalue weighted by atomic mass is 16.3. The van der Waals surface area contributed by atoms with Crippen LogP contribution < -0.4 is 0 Å². The molecule has 0 unspecified atom stereocenters. The van der Waals surface area contributed by atoms with Gasteiger partial charge in [0, 0.05) is 0 Å². The molecule has 0 aliphatic heterocycles. The lowest BCUT2D eigenvalue weighted by Crippen LogP contribution is -2.26. The van der Waals surface area contributed by atoms with E-state index in [4.69, 9.17) is 0 Å². The predicted octanol–water partition coefficient (Wildman–Crippen LogP) is 7.83. The number of aliphatic hydroxyl groups excluding tert-OH is 1. The van der Waals surface area contributed by atoms with Gasteiger partial charge in [-0.2, -0.15) is 0 Å². The molecule has 0 radical (unpaired) electrons. The Hall–Kier alpha value is -1.60. The van der Waals surface area contributed by atoms with Gasteiger partial charge in [0.2, 0.25) is 0 Å². The van der Waals surface area contributed by atoms with E-state index in [1.807, 2.05) is 0 Å². The topological polar surface area (TPSA) is 20.2 Å². The lowest BCUT2D eigenvalue weighted by molar-refractivity contribution is 0.219. The maximum atomic E-state index is 11.5. The zero-order valence-electron chi connectivity index (χ0n) is 19.6. The highest BCUT2D eigenvalue weighted by molar-refractivity contribution is 5.42. The van der Waals surface area contributed by atoms with Crippen molar-refractivity contribution in [1.82, 2.24) is 0 Å². The first-order valence-corrected chi connectivity index (χ1v) is 12.2. The summed E-state index contributed by atoms with van der Waals surface area (Å²) in [6.45, 7) is 9.20. The number of aliphatic hydroxyl groups is 1. The van der Waals surface area contributed by atoms with Gasteiger partial charge in [-0.25, -0.2) is 0 Å². The Morgan fingerprint density at radius 3 is 1.33 bits per heavy atom. The van der Waals surface area contributed by atoms with Crippen LogP contribution in [-0.2, 0) is 10.8 Å². The fraction of sp³-hybridized carbons (Fsp3) is 0.586. The largest absolute Gasteiger partial charge is 0.384 e. The van der Waals surface area contributed by atoms with Crippen LogP contribution >= 0.6 is 0 Å². The molecule has 0 aromatic heterocycles. The van der Waals surface area contributed by atoms with Crippen LogP contribution in [0.4, 0.5) is 0 Å². The third-order valence-corrected chi connectivity index (χ3v) is 8.14. The van der Waals surface area contributed by atoms with Crippen LogP contribution in [0.15, 0.2) is 36.4 Å². The van der Waals surface area contributed by atoms with Crippen molar-refractivity contribution >= 4 is 0 Å². The van der Waals surface area contributed by atoms with Crippen molar-refractivity contribution in [2.24, 2.45) is 0 Å². The normalized spacial score (nSPS) is 21.0. The Morgan fingerprint density at radius 1 is 0.600 bits per heavy atom. The summed E-state index contributed by atoms with van der Waals surface area (Å²) < 4.78 is 0. The van der Waals surface area contributed by atoms with Gasteiger partial charge in [0.1, 0.15) is 6.10 Å². The summed E-state index contributed by atoms with van der Waals surface area (Å²) in [6.07, 6.45) is 12.5. The molecule has 1 nitrogen and oxygen atoms in total. The molecule has 0 saturated heterocycles. The molecule has 2 aromatic carbocycles. The predicted molar refractivity (Wildman–Crippen MR) is 127 cm³/mol. The molecule has 0 spiro atoms. The fourth-order valence-corrected chi connectivity index (χ4v) is 6.07. The lowest BCUT2D eigenvalue weighted by atomic mass is 9.69. The van der Waals surface area contributed by atoms with Gasteiger partial charge in [-0.3, -0.25) is 0 Å². The van der Waals surface area contributed by atoms with Crippen LogP contribution in [-0.4, -0.2) is 5.11 Å². The summed E-state index contributed by atoms with van der Waals surface area (Å²) in [7, 11) is 0. The van der Waals surface area contributed by atoms with Gasteiger partial charge in [-0.05, 0) is 72.6 Å². The summed E-state index contributed by atoms with van der Waals surface area (Å²) in [5.41, 5.74) is 8.00. The van der Waals surface area contributed by atoms with E-state index in [0.717, 1.165) is 11.1 Å². The molecule has 162 valence electrons. The first-order valence-electron chi connectivity index (χ1n) is 12.2. The maximum Gasteiger partial charge on any atom is 0.104 e. The Bertz CT molecular complexity index is 808. The van der Waals surface area contributed by atoms with E-state index in [1.165, 1.54) is 86.5 Å². The molecule has 2 fully saturated rings. The number of aryl methyl sites for hydroxylation is 2. The van der Waals surface area contributed by atoms with Gasteiger partial charge >= 0.3 is 0 Å². The van der Waals surface area contributed by atoms with Crippen molar-refractivity contribution < 1.29 is 5.11 Å². The monoisotopic (exact) mass is 404 g/mol. The minimum absolute atomic E-state index is 0.256. The van der Waals surface area contributed by atoms with E-state index < -0.39 is 6.10 Å². The molecule has 0 atom stereocenters. The standard InChI is InChI=1S/C29H40O/c1-21-15-23(19-25(17-21)28(3)11-7-5-8-12-28)27(30)24-16-22(2)18-26(20-24)29(4)13-9-6-10-14-29/h15-20,27,30H,5-14H2,1-4H3. The number of hydrogen-bond acceptors (Lipinski definition) is 1. The van der Waals surface area contributed by atoms with E-state index in [0.29, 0.717) is 0 Å². The molecule has 2 saturated carbocycles. The van der Waals surface area contributed by atoms with Gasteiger partial charge < -0.3 is 5.11 Å². The van der Waals surface area contributed by atoms with Crippen LogP contribution in [0.1, 0.15) is 118 Å². The summed E-state index contributed by atoms with van der Waals surface area (Å²) in [5.74, 6) is 0. The third-order valence-electron chi connectivity index (χ3n) is 8.14. The molecule has 30 heavy (non-hydrogen) atoms. The first kappa shape index (κ1) is 21.6. The van der Waals surface area contributed by atoms with Crippen molar-refractivity contribution in [3.05, 3.63) is 69.8 Å². The Kier molecular flexibility index (Phi) is 6.13. The Balaban J connectivity index is 1.68. The second-order valence-electron chi connectivity index (χ2n) is 10.9. The van der Waals surface area contributed by atoms with E-state index in [9.17, 15) is 5.11 Å². The van der Waals surface area contributed by atoms with Crippen molar-refractivity contribution in [3.8, 4) is 0 Å². The number of hydrogen-bond donors (Lipinski definition) is 1. The van der Waals surface area contributed by atoms with Gasteiger partial charge in [0.05, 0.1) is 0 Å². The van der Waals surface area contributed by atoms with Crippen molar-refractivity contribution in [2.75, 3.05) is 0 Å². The molecule has 1 heteroatoms. The van der Waals surface area contributed by atoms with Gasteiger partial charge in [-0.15, -0.1) is 0 Å². The highest BCUT2D eigenvalue weighted by Crippen LogP contribution is 2.42. The summed E-state index contributed by atoms with van der Waals surface area (Å²) in [5, 5.41) is 11.5. The van der Waals surface area contributed by atoms with E-state index in [-0.39, 0.29) is 10.8 Å². The molecule has 1 N–H and O–H groups in total. The molecule has 2 aromatic rings. The highest BCUT2D eigenvalue weighted by Gasteiger charge is 2.31. The minimum atomic E-state index is -0.554. The van der Waals surface area contributed by atoms with Crippen molar-refractivity contribution in [1.29, 1.82) is 0 Å². The van der Waals surface area contributed by atoms with Gasteiger partial charge in [0.15, 0.2) is 0 Å². The van der Waals surface area contributed by atoms with Gasteiger partial charge in [0.25, 0.3) is 0 Å². The van der Waals surface area contributed by atoms with E-state index >= 15 is 0 Å². The molecule has 0 bridgehead atoms. The summed E-state index contributed by atoms with van der Waals surface area (Å²) >= 11 is 0. The van der Waals surface area contributed by atoms with E-state index in [2.05, 4.69) is 64.1 Å². The zero-order chi connectivity index (χ0) is 21.4. The van der Waals surface area contributed by atoms with Crippen molar-refractivity contribution in [2.45, 2.75) is 109 Å². The smallest absolute Gasteiger partial charge is 0.104 e. The molecular formula is C29H40O. The number of benzene rings is 2. The molecule has 4 rings (SSSR count). The molecule has 2 aliphatic carbocycles. The fourth-order valence-electron chi connectivity index (χ4n) is 6.07. The molecule has 0 amide bonds. The lowest BCUT2D eigenvalue weighted by Gasteiger charge is -2.35. The van der Waals surface area contributed by atoms with Crippen LogP contribution in [0.25, 0.3) is 0 Å². The summed E-state index contributed by atoms with van der Waals surface area (Å²) in [6, 6.07) is 13.7. The number of rotatable bonds is 4. The third kappa shape index (κ3) is 4.37. The Morgan fingerprint density at radius 2 is 0.967 bits per heavy atom. The van der Waals surface area contributed by atoms with Crippen LogP contribution in [0.2, 0.25) is 0 Å². The van der Waals surface area contributed by atoms with Crippen LogP contribution in [0, 0.1) is 13.8 Å². The van der Waals surface area contributed by atoms with E-state index in [1.54, 1.807) is 0 Å². The van der Waals surface area contributed by atoms with Crippen LogP contribution in [0.3, 0.4) is 0 Å². The first-order chi connectivity index (χ1) is 14.3. The van der Waals surface area contributed by atoms with Crippen molar-refractivity contribution in [3.63, 3.8) is 0 Å². The zero-order valence-corrected chi connectivity index (χ0v) is 19.6. The average molecular weight is 405 g/mol. The second kappa shape index (κ2) is 8.50. The van der Waals surface area contributed by atoms with Crippen LogP contribution in [0.5, 0.6) is 0 Å². The second-order valence-corrected chi connectivity index (χ2v) is 10.9. The Labute approximate surface area is 183 Å². The molecule has 0 heterocycles. The molecule has 2 aliphatic rings.